The summed E-state index contributed by atoms with van der Waals surface area (Å²) >= 11 is 0. The highest BCUT2D eigenvalue weighted by molar-refractivity contribution is 5.91. The van der Waals surface area contributed by atoms with Gasteiger partial charge in [-0.2, -0.15) is 0 Å². The molecule has 0 saturated heterocycles. The van der Waals surface area contributed by atoms with Gasteiger partial charge < -0.3 is 14.8 Å². The topological polar surface area (TPSA) is 78.3 Å². The van der Waals surface area contributed by atoms with E-state index in [1.165, 1.54) is 0 Å². The van der Waals surface area contributed by atoms with Gasteiger partial charge in [-0.1, -0.05) is 47.7 Å². The smallest absolute Gasteiger partial charge is 0.273 e. The Hall–Kier alpha value is -3.35. The van der Waals surface area contributed by atoms with Gasteiger partial charge in [0.05, 0.1) is 18.8 Å². The van der Waals surface area contributed by atoms with Crippen LogP contribution in [-0.4, -0.2) is 40.2 Å². The summed E-state index contributed by atoms with van der Waals surface area (Å²) in [5.41, 5.74) is 1.37. The van der Waals surface area contributed by atoms with Gasteiger partial charge in [0.25, 0.3) is 5.91 Å². The number of amides is 1. The number of fused-ring (bicyclic) bond motifs is 1. The van der Waals surface area contributed by atoms with Crippen LogP contribution in [0.1, 0.15) is 29.0 Å². The van der Waals surface area contributed by atoms with Gasteiger partial charge in [-0.3, -0.25) is 4.79 Å². The summed E-state index contributed by atoms with van der Waals surface area (Å²) in [6.45, 7) is 2.72. The predicted molar refractivity (Wildman–Crippen MR) is 99.0 cm³/mol. The first-order valence-electron chi connectivity index (χ1n) is 8.84. The van der Waals surface area contributed by atoms with Crippen LogP contribution in [0.25, 0.3) is 0 Å². The molecule has 7 heteroatoms. The molecule has 1 amide bonds. The third-order valence-electron chi connectivity index (χ3n) is 4.48. The fraction of sp³-hybridized carbons (Fsp3) is 0.250. The summed E-state index contributed by atoms with van der Waals surface area (Å²) in [5, 5.41) is 10.9. The van der Waals surface area contributed by atoms with Crippen molar-refractivity contribution in [1.29, 1.82) is 0 Å². The van der Waals surface area contributed by atoms with E-state index in [1.807, 2.05) is 61.5 Å². The lowest BCUT2D eigenvalue weighted by Crippen LogP contribution is -2.40. The van der Waals surface area contributed by atoms with Crippen LogP contribution < -0.4 is 14.8 Å². The first kappa shape index (κ1) is 17.1. The number of para-hydroxylation sites is 2. The van der Waals surface area contributed by atoms with E-state index in [2.05, 4.69) is 15.6 Å². The number of carbonyl (C=O) groups excluding carboxylic acids is 1. The van der Waals surface area contributed by atoms with Crippen molar-refractivity contribution in [3.63, 3.8) is 0 Å². The molecule has 1 aliphatic rings. The van der Waals surface area contributed by atoms with E-state index < -0.39 is 0 Å². The molecule has 0 radical (unpaired) electrons. The van der Waals surface area contributed by atoms with Crippen LogP contribution in [0.2, 0.25) is 0 Å². The first-order valence-corrected chi connectivity index (χ1v) is 8.84. The van der Waals surface area contributed by atoms with Crippen molar-refractivity contribution in [1.82, 2.24) is 20.3 Å². The molecule has 1 aliphatic heterocycles. The van der Waals surface area contributed by atoms with E-state index in [9.17, 15) is 4.79 Å². The van der Waals surface area contributed by atoms with E-state index in [-0.39, 0.29) is 23.7 Å². The summed E-state index contributed by atoms with van der Waals surface area (Å²) in [6, 6.07) is 17.4. The minimum Gasteiger partial charge on any atom is -0.486 e. The molecule has 7 nitrogen and oxygen atoms in total. The minimum absolute atomic E-state index is 0.00757. The Morgan fingerprint density at radius 2 is 1.93 bits per heavy atom. The average Bonchev–Trinajstić information content (AvgIpc) is 3.22. The summed E-state index contributed by atoms with van der Waals surface area (Å²) in [4.78, 5) is 12.4. The van der Waals surface area contributed by atoms with Gasteiger partial charge in [0.1, 0.15) is 12.7 Å². The molecule has 0 bridgehead atoms. The van der Waals surface area contributed by atoms with Crippen LogP contribution in [-0.2, 0) is 0 Å². The van der Waals surface area contributed by atoms with Crippen molar-refractivity contribution < 1.29 is 14.3 Å². The normalized spacial score (nSPS) is 16.6. The molecule has 1 aromatic heterocycles. The molecule has 2 atom stereocenters. The maximum atomic E-state index is 12.4. The number of hydrogen-bond donors (Lipinski definition) is 1. The Morgan fingerprint density at radius 1 is 1.19 bits per heavy atom. The van der Waals surface area contributed by atoms with Crippen LogP contribution in [0.15, 0.2) is 60.8 Å². The maximum Gasteiger partial charge on any atom is 0.273 e. The largest absolute Gasteiger partial charge is 0.486 e. The lowest BCUT2D eigenvalue weighted by molar-refractivity contribution is 0.0786. The number of carbonyl (C=O) groups is 1. The molecular formula is C20H20N4O3. The van der Waals surface area contributed by atoms with E-state index >= 15 is 0 Å². The zero-order valence-electron chi connectivity index (χ0n) is 14.9. The average molecular weight is 364 g/mol. The van der Waals surface area contributed by atoms with Gasteiger partial charge in [0, 0.05) is 0 Å². The van der Waals surface area contributed by atoms with Gasteiger partial charge in [-0.25, -0.2) is 4.68 Å². The highest BCUT2D eigenvalue weighted by Crippen LogP contribution is 2.30. The molecule has 0 fully saturated rings. The second-order valence-electron chi connectivity index (χ2n) is 6.38. The Balaban J connectivity index is 1.35. The highest BCUT2D eigenvalue weighted by Gasteiger charge is 2.22. The number of hydrogen-bond acceptors (Lipinski definition) is 5. The predicted octanol–water partition coefficient (Wildman–Crippen LogP) is 2.46. The van der Waals surface area contributed by atoms with E-state index in [0.717, 1.165) is 11.3 Å². The minimum atomic E-state index is -0.288. The molecule has 0 unspecified atom stereocenters. The fourth-order valence-corrected chi connectivity index (χ4v) is 2.92. The third kappa shape index (κ3) is 3.76. The quantitative estimate of drug-likeness (QED) is 0.752. The molecule has 138 valence electrons. The summed E-state index contributed by atoms with van der Waals surface area (Å²) < 4.78 is 13.2. The third-order valence-corrected chi connectivity index (χ3v) is 4.48. The van der Waals surface area contributed by atoms with Crippen molar-refractivity contribution in [2.24, 2.45) is 0 Å². The fourth-order valence-electron chi connectivity index (χ4n) is 2.92. The van der Waals surface area contributed by atoms with Crippen LogP contribution in [0.4, 0.5) is 0 Å². The number of ether oxygens (including phenoxy) is 2. The van der Waals surface area contributed by atoms with E-state index in [4.69, 9.17) is 9.47 Å². The molecule has 27 heavy (non-hydrogen) atoms. The number of benzene rings is 2. The van der Waals surface area contributed by atoms with Gasteiger partial charge >= 0.3 is 0 Å². The lowest BCUT2D eigenvalue weighted by Gasteiger charge is -2.26. The number of aromatic nitrogens is 3. The zero-order chi connectivity index (χ0) is 18.6. The molecule has 2 heterocycles. The van der Waals surface area contributed by atoms with Crippen LogP contribution in [0.3, 0.4) is 0 Å². The monoisotopic (exact) mass is 364 g/mol. The maximum absolute atomic E-state index is 12.4. The molecule has 0 aliphatic carbocycles. The van der Waals surface area contributed by atoms with E-state index in [0.29, 0.717) is 18.9 Å². The molecule has 2 aromatic carbocycles. The van der Waals surface area contributed by atoms with E-state index in [1.54, 1.807) is 10.9 Å². The van der Waals surface area contributed by atoms with Crippen molar-refractivity contribution in [2.75, 3.05) is 13.2 Å². The van der Waals surface area contributed by atoms with Crippen LogP contribution in [0, 0.1) is 0 Å². The molecule has 0 spiro atoms. The van der Waals surface area contributed by atoms with Crippen molar-refractivity contribution in [3.05, 3.63) is 72.1 Å². The molecule has 1 N–H and O–H groups in total. The second kappa shape index (κ2) is 7.49. The second-order valence-corrected chi connectivity index (χ2v) is 6.38. The Labute approximate surface area is 156 Å². The SMILES string of the molecule is C[C@@H](c1ccccc1)n1cc(C(=O)NC[C@H]2COc3ccccc3O2)nn1. The molecule has 0 saturated carbocycles. The zero-order valence-corrected chi connectivity index (χ0v) is 14.9. The molecule has 4 rings (SSSR count). The highest BCUT2D eigenvalue weighted by atomic mass is 16.6. The number of nitrogens with zero attached hydrogens (tertiary/aromatic N) is 3. The van der Waals surface area contributed by atoms with Crippen LogP contribution in [0.5, 0.6) is 11.5 Å². The van der Waals surface area contributed by atoms with Gasteiger partial charge in [-0.15, -0.1) is 5.10 Å². The Morgan fingerprint density at radius 3 is 2.74 bits per heavy atom. The summed E-state index contributed by atoms with van der Waals surface area (Å²) in [7, 11) is 0. The first-order chi connectivity index (χ1) is 13.2. The Bertz CT molecular complexity index is 926. The van der Waals surface area contributed by atoms with Gasteiger partial charge in [-0.05, 0) is 24.6 Å². The van der Waals surface area contributed by atoms with Crippen molar-refractivity contribution in [2.45, 2.75) is 19.1 Å². The van der Waals surface area contributed by atoms with Gasteiger partial charge in [0.2, 0.25) is 0 Å². The lowest BCUT2D eigenvalue weighted by atomic mass is 10.1. The van der Waals surface area contributed by atoms with Crippen molar-refractivity contribution >= 4 is 5.91 Å². The summed E-state index contributed by atoms with van der Waals surface area (Å²) in [6.07, 6.45) is 1.41. The van der Waals surface area contributed by atoms with Crippen molar-refractivity contribution in [3.8, 4) is 11.5 Å². The summed E-state index contributed by atoms with van der Waals surface area (Å²) in [5.74, 6) is 1.12. The number of nitrogens with one attached hydrogen (secondary N) is 1. The number of rotatable bonds is 5. The molecule has 3 aromatic rings. The molecular weight excluding hydrogens is 344 g/mol. The standard InChI is InChI=1S/C20H20N4O3/c1-14(15-7-3-2-4-8-15)24-12-17(22-23-24)20(25)21-11-16-13-26-18-9-5-6-10-19(18)27-16/h2-10,12,14,16H,11,13H2,1H3,(H,21,25)/t14-,16-/m0/s1. The van der Waals surface area contributed by atoms with Gasteiger partial charge in [0.15, 0.2) is 17.2 Å². The van der Waals surface area contributed by atoms with Crippen LogP contribution >= 0.6 is 0 Å². The Kier molecular flexibility index (Phi) is 4.74.